The maximum atomic E-state index is 12.7. The Labute approximate surface area is 142 Å². The maximum absolute atomic E-state index is 12.7. The van der Waals surface area contributed by atoms with Crippen LogP contribution in [0.2, 0.25) is 0 Å². The summed E-state index contributed by atoms with van der Waals surface area (Å²) in [5, 5.41) is 8.79. The van der Waals surface area contributed by atoms with Crippen LogP contribution >= 0.6 is 0 Å². The van der Waals surface area contributed by atoms with Crippen molar-refractivity contribution in [2.24, 2.45) is 5.92 Å². The van der Waals surface area contributed by atoms with Gasteiger partial charge in [-0.25, -0.2) is 0 Å². The zero-order valence-electron chi connectivity index (χ0n) is 14.1. The fourth-order valence-corrected chi connectivity index (χ4v) is 3.76. The molecule has 1 saturated heterocycles. The molecular weight excluding hydrogens is 306 g/mol. The molecule has 1 fully saturated rings. The molecule has 7 heteroatoms. The molecule has 0 aromatic carbocycles. The largest absolute Gasteiger partial charge is 0.379 e. The number of aromatic nitrogens is 3. The quantitative estimate of drug-likeness (QED) is 0.767. The molecule has 3 aliphatic rings. The van der Waals surface area contributed by atoms with Gasteiger partial charge in [-0.3, -0.25) is 9.69 Å². The lowest BCUT2D eigenvalue weighted by Crippen LogP contribution is -2.36. The number of fused-ring (bicyclic) bond motifs is 1. The molecule has 1 amide bonds. The van der Waals surface area contributed by atoms with E-state index in [9.17, 15) is 4.79 Å². The highest BCUT2D eigenvalue weighted by Crippen LogP contribution is 2.23. The van der Waals surface area contributed by atoms with Gasteiger partial charge in [0.2, 0.25) is 5.91 Å². The number of hydrogen-bond acceptors (Lipinski definition) is 5. The standard InChI is InChI=1S/C17H25N5O2/c23-17(14-4-1-2-5-14)21-6-3-7-22-15(18-19-16(22)13-21)12-20-8-10-24-11-9-20/h1-2,14H,3-13H2. The summed E-state index contributed by atoms with van der Waals surface area (Å²) in [6.45, 7) is 6.59. The van der Waals surface area contributed by atoms with Crippen LogP contribution in [0.3, 0.4) is 0 Å². The van der Waals surface area contributed by atoms with Crippen LogP contribution in [-0.2, 0) is 29.2 Å². The molecule has 4 rings (SSSR count). The van der Waals surface area contributed by atoms with Crippen molar-refractivity contribution in [2.75, 3.05) is 32.8 Å². The summed E-state index contributed by atoms with van der Waals surface area (Å²) in [4.78, 5) is 17.0. The summed E-state index contributed by atoms with van der Waals surface area (Å²) in [5.41, 5.74) is 0. The molecule has 0 radical (unpaired) electrons. The topological polar surface area (TPSA) is 63.5 Å². The van der Waals surface area contributed by atoms with Crippen LogP contribution in [0.5, 0.6) is 0 Å². The Morgan fingerprint density at radius 3 is 2.71 bits per heavy atom. The van der Waals surface area contributed by atoms with Crippen LogP contribution in [0.25, 0.3) is 0 Å². The minimum atomic E-state index is 0.132. The number of amides is 1. The van der Waals surface area contributed by atoms with Gasteiger partial charge in [-0.2, -0.15) is 0 Å². The molecule has 1 aromatic heterocycles. The third kappa shape index (κ3) is 3.23. The van der Waals surface area contributed by atoms with E-state index in [2.05, 4.69) is 31.8 Å². The second-order valence-corrected chi connectivity index (χ2v) is 6.83. The van der Waals surface area contributed by atoms with Gasteiger partial charge in [-0.1, -0.05) is 12.2 Å². The van der Waals surface area contributed by atoms with E-state index in [1.165, 1.54) is 0 Å². The molecule has 7 nitrogen and oxygen atoms in total. The first kappa shape index (κ1) is 15.8. The summed E-state index contributed by atoms with van der Waals surface area (Å²) < 4.78 is 7.62. The first-order valence-corrected chi connectivity index (χ1v) is 8.96. The molecule has 0 N–H and O–H groups in total. The van der Waals surface area contributed by atoms with E-state index in [-0.39, 0.29) is 11.8 Å². The SMILES string of the molecule is O=C(C1CC=CC1)N1CCCn2c(CN3CCOCC3)nnc2C1. The monoisotopic (exact) mass is 331 g/mol. The Balaban J connectivity index is 1.44. The van der Waals surface area contributed by atoms with E-state index in [4.69, 9.17) is 4.74 Å². The van der Waals surface area contributed by atoms with Crippen molar-refractivity contribution in [2.45, 2.75) is 38.9 Å². The van der Waals surface area contributed by atoms with E-state index in [0.717, 1.165) is 76.8 Å². The summed E-state index contributed by atoms with van der Waals surface area (Å²) in [7, 11) is 0. The van der Waals surface area contributed by atoms with Crippen molar-refractivity contribution in [1.29, 1.82) is 0 Å². The lowest BCUT2D eigenvalue weighted by Gasteiger charge is -2.26. The molecule has 0 unspecified atom stereocenters. The van der Waals surface area contributed by atoms with Gasteiger partial charge in [-0.15, -0.1) is 10.2 Å². The van der Waals surface area contributed by atoms with Gasteiger partial charge in [0.05, 0.1) is 26.3 Å². The summed E-state index contributed by atoms with van der Waals surface area (Å²) in [6, 6.07) is 0. The van der Waals surface area contributed by atoms with Crippen LogP contribution in [0.1, 0.15) is 30.9 Å². The molecule has 0 saturated carbocycles. The highest BCUT2D eigenvalue weighted by molar-refractivity contribution is 5.79. The van der Waals surface area contributed by atoms with E-state index < -0.39 is 0 Å². The van der Waals surface area contributed by atoms with Gasteiger partial charge in [0.1, 0.15) is 5.82 Å². The van der Waals surface area contributed by atoms with Crippen molar-refractivity contribution >= 4 is 5.91 Å². The summed E-state index contributed by atoms with van der Waals surface area (Å²) in [6.07, 6.45) is 6.95. The zero-order valence-corrected chi connectivity index (χ0v) is 14.1. The number of carbonyl (C=O) groups is 1. The van der Waals surface area contributed by atoms with Crippen LogP contribution in [0.15, 0.2) is 12.2 Å². The Morgan fingerprint density at radius 2 is 1.92 bits per heavy atom. The maximum Gasteiger partial charge on any atom is 0.226 e. The van der Waals surface area contributed by atoms with Crippen molar-refractivity contribution in [1.82, 2.24) is 24.6 Å². The second-order valence-electron chi connectivity index (χ2n) is 6.83. The number of allylic oxidation sites excluding steroid dienone is 2. The zero-order chi connectivity index (χ0) is 16.4. The smallest absolute Gasteiger partial charge is 0.226 e. The number of morpholine rings is 1. The van der Waals surface area contributed by atoms with Crippen molar-refractivity contribution in [3.05, 3.63) is 23.8 Å². The predicted octanol–water partition coefficient (Wildman–Crippen LogP) is 0.809. The van der Waals surface area contributed by atoms with Gasteiger partial charge in [-0.05, 0) is 19.3 Å². The number of hydrogen-bond donors (Lipinski definition) is 0. The molecular formula is C17H25N5O2. The van der Waals surface area contributed by atoms with E-state index in [1.807, 2.05) is 4.90 Å². The first-order chi connectivity index (χ1) is 11.8. The Kier molecular flexibility index (Phi) is 4.62. The summed E-state index contributed by atoms with van der Waals surface area (Å²) >= 11 is 0. The third-order valence-electron chi connectivity index (χ3n) is 5.18. The van der Waals surface area contributed by atoms with Gasteiger partial charge >= 0.3 is 0 Å². The van der Waals surface area contributed by atoms with Crippen LogP contribution < -0.4 is 0 Å². The molecule has 1 aliphatic carbocycles. The number of nitrogens with zero attached hydrogens (tertiary/aromatic N) is 5. The van der Waals surface area contributed by atoms with Crippen molar-refractivity contribution < 1.29 is 9.53 Å². The van der Waals surface area contributed by atoms with Gasteiger partial charge < -0.3 is 14.2 Å². The normalized spacial score (nSPS) is 22.6. The first-order valence-electron chi connectivity index (χ1n) is 8.96. The van der Waals surface area contributed by atoms with Crippen LogP contribution in [0, 0.1) is 5.92 Å². The summed E-state index contributed by atoms with van der Waals surface area (Å²) in [5.74, 6) is 2.34. The molecule has 0 bridgehead atoms. The highest BCUT2D eigenvalue weighted by atomic mass is 16.5. The van der Waals surface area contributed by atoms with Crippen LogP contribution in [-0.4, -0.2) is 63.3 Å². The van der Waals surface area contributed by atoms with Crippen LogP contribution in [0.4, 0.5) is 0 Å². The molecule has 1 aromatic rings. The van der Waals surface area contributed by atoms with Gasteiger partial charge in [0.15, 0.2) is 5.82 Å². The number of ether oxygens (including phenoxy) is 1. The lowest BCUT2D eigenvalue weighted by atomic mass is 10.1. The molecule has 0 atom stereocenters. The molecule has 24 heavy (non-hydrogen) atoms. The van der Waals surface area contributed by atoms with Gasteiger partial charge in [0, 0.05) is 32.1 Å². The Bertz CT molecular complexity index is 612. The molecule has 3 heterocycles. The number of rotatable bonds is 3. The fraction of sp³-hybridized carbons (Fsp3) is 0.706. The second kappa shape index (κ2) is 7.03. The fourth-order valence-electron chi connectivity index (χ4n) is 3.76. The van der Waals surface area contributed by atoms with E-state index in [1.54, 1.807) is 0 Å². The van der Waals surface area contributed by atoms with E-state index >= 15 is 0 Å². The van der Waals surface area contributed by atoms with Crippen molar-refractivity contribution in [3.63, 3.8) is 0 Å². The Hall–Kier alpha value is -1.73. The molecule has 0 spiro atoms. The van der Waals surface area contributed by atoms with Crippen molar-refractivity contribution in [3.8, 4) is 0 Å². The minimum Gasteiger partial charge on any atom is -0.379 e. The molecule has 2 aliphatic heterocycles. The van der Waals surface area contributed by atoms with E-state index in [0.29, 0.717) is 6.54 Å². The molecule has 130 valence electrons. The Morgan fingerprint density at radius 1 is 1.12 bits per heavy atom. The highest BCUT2D eigenvalue weighted by Gasteiger charge is 2.28. The van der Waals surface area contributed by atoms with Gasteiger partial charge in [0.25, 0.3) is 0 Å². The average molecular weight is 331 g/mol. The number of carbonyl (C=O) groups excluding carboxylic acids is 1. The third-order valence-corrected chi connectivity index (χ3v) is 5.18. The predicted molar refractivity (Wildman–Crippen MR) is 88.0 cm³/mol. The average Bonchev–Trinajstić information content (AvgIpc) is 3.21. The lowest BCUT2D eigenvalue weighted by molar-refractivity contribution is -0.135. The minimum absolute atomic E-state index is 0.132.